The van der Waals surface area contributed by atoms with E-state index in [0.29, 0.717) is 5.56 Å². The van der Waals surface area contributed by atoms with Gasteiger partial charge in [-0.05, 0) is 58.4 Å². The van der Waals surface area contributed by atoms with E-state index < -0.39 is 0 Å². The summed E-state index contributed by atoms with van der Waals surface area (Å²) in [7, 11) is 0. The molecule has 0 aliphatic heterocycles. The summed E-state index contributed by atoms with van der Waals surface area (Å²) in [6.45, 7) is 0. The first-order chi connectivity index (χ1) is 8.15. The van der Waals surface area contributed by atoms with Gasteiger partial charge in [0.25, 0.3) is 0 Å². The Morgan fingerprint density at radius 1 is 1.12 bits per heavy atom. The van der Waals surface area contributed by atoms with Crippen molar-refractivity contribution in [3.05, 3.63) is 61.2 Å². The lowest BCUT2D eigenvalue weighted by Gasteiger charge is -1.95. The van der Waals surface area contributed by atoms with Crippen molar-refractivity contribution in [2.24, 2.45) is 0 Å². The third-order valence-electron chi connectivity index (χ3n) is 2.12. The molecule has 4 heteroatoms. The van der Waals surface area contributed by atoms with E-state index in [1.54, 1.807) is 29.5 Å². The number of allylic oxidation sites excluding steroid dienone is 1. The van der Waals surface area contributed by atoms with Crippen LogP contribution in [-0.2, 0) is 0 Å². The Kier molecular flexibility index (Phi) is 4.31. The van der Waals surface area contributed by atoms with Gasteiger partial charge in [0.1, 0.15) is 0 Å². The van der Waals surface area contributed by atoms with Crippen LogP contribution in [0.1, 0.15) is 15.2 Å². The van der Waals surface area contributed by atoms with E-state index in [2.05, 4.69) is 31.9 Å². The van der Waals surface area contributed by atoms with Crippen LogP contribution in [0.25, 0.3) is 6.08 Å². The summed E-state index contributed by atoms with van der Waals surface area (Å²) >= 11 is 8.31. The van der Waals surface area contributed by atoms with Crippen molar-refractivity contribution < 1.29 is 4.79 Å². The molecule has 1 aromatic carbocycles. The summed E-state index contributed by atoms with van der Waals surface area (Å²) in [6.07, 6.45) is 3.43. The van der Waals surface area contributed by atoms with Gasteiger partial charge in [0.05, 0.1) is 0 Å². The Hall–Kier alpha value is -0.710. The van der Waals surface area contributed by atoms with Crippen LogP contribution in [0.5, 0.6) is 0 Å². The highest BCUT2D eigenvalue weighted by molar-refractivity contribution is 9.10. The summed E-state index contributed by atoms with van der Waals surface area (Å²) < 4.78 is 2.01. The average molecular weight is 372 g/mol. The second kappa shape index (κ2) is 5.76. The van der Waals surface area contributed by atoms with E-state index in [4.69, 9.17) is 0 Å². The monoisotopic (exact) mass is 370 g/mol. The minimum atomic E-state index is 0.0158. The van der Waals surface area contributed by atoms with Crippen molar-refractivity contribution in [1.29, 1.82) is 0 Å². The highest BCUT2D eigenvalue weighted by Gasteiger charge is 2.01. The zero-order valence-corrected chi connectivity index (χ0v) is 12.7. The molecule has 0 aliphatic rings. The lowest BCUT2D eigenvalue weighted by molar-refractivity contribution is 0.104. The van der Waals surface area contributed by atoms with E-state index >= 15 is 0 Å². The van der Waals surface area contributed by atoms with Gasteiger partial charge in [-0.3, -0.25) is 4.79 Å². The SMILES string of the molecule is O=C(/C=C/c1cc(Br)cs1)c1ccc(Br)cc1. The van der Waals surface area contributed by atoms with Gasteiger partial charge in [-0.15, -0.1) is 11.3 Å². The number of ketones is 1. The van der Waals surface area contributed by atoms with Crippen LogP contribution in [0.15, 0.2) is 50.7 Å². The van der Waals surface area contributed by atoms with Gasteiger partial charge in [0, 0.05) is 24.8 Å². The van der Waals surface area contributed by atoms with Gasteiger partial charge < -0.3 is 0 Å². The van der Waals surface area contributed by atoms with E-state index in [1.807, 2.05) is 29.7 Å². The fourth-order valence-corrected chi connectivity index (χ4v) is 2.89. The summed E-state index contributed by atoms with van der Waals surface area (Å²) in [5.41, 5.74) is 0.695. The number of thiophene rings is 1. The predicted molar refractivity (Wildman–Crippen MR) is 79.5 cm³/mol. The average Bonchev–Trinajstić information content (AvgIpc) is 2.73. The topological polar surface area (TPSA) is 17.1 Å². The van der Waals surface area contributed by atoms with Gasteiger partial charge >= 0.3 is 0 Å². The molecule has 0 saturated heterocycles. The van der Waals surface area contributed by atoms with Gasteiger partial charge in [-0.1, -0.05) is 15.9 Å². The van der Waals surface area contributed by atoms with Crippen LogP contribution in [0.2, 0.25) is 0 Å². The maximum Gasteiger partial charge on any atom is 0.185 e. The molecule has 0 atom stereocenters. The Morgan fingerprint density at radius 3 is 2.41 bits per heavy atom. The maximum atomic E-state index is 11.8. The Morgan fingerprint density at radius 2 is 1.82 bits per heavy atom. The third kappa shape index (κ3) is 3.63. The van der Waals surface area contributed by atoms with Crippen LogP contribution in [0, 0.1) is 0 Å². The Balaban J connectivity index is 2.11. The number of carbonyl (C=O) groups is 1. The largest absolute Gasteiger partial charge is 0.289 e. The molecule has 2 rings (SSSR count). The summed E-state index contributed by atoms with van der Waals surface area (Å²) in [5.74, 6) is 0.0158. The first kappa shape index (κ1) is 12.7. The highest BCUT2D eigenvalue weighted by atomic mass is 79.9. The molecule has 0 saturated carbocycles. The second-order valence-electron chi connectivity index (χ2n) is 3.37. The maximum absolute atomic E-state index is 11.8. The van der Waals surface area contributed by atoms with Crippen LogP contribution in [0.4, 0.5) is 0 Å². The molecule has 0 N–H and O–H groups in total. The molecule has 0 radical (unpaired) electrons. The van der Waals surface area contributed by atoms with Gasteiger partial charge in [0.2, 0.25) is 0 Å². The molecule has 0 aliphatic carbocycles. The van der Waals surface area contributed by atoms with E-state index in [9.17, 15) is 4.79 Å². The van der Waals surface area contributed by atoms with Crippen molar-refractivity contribution in [2.75, 3.05) is 0 Å². The van der Waals surface area contributed by atoms with Crippen LogP contribution in [-0.4, -0.2) is 5.78 Å². The molecule has 0 spiro atoms. The third-order valence-corrected chi connectivity index (χ3v) is 4.30. The smallest absolute Gasteiger partial charge is 0.185 e. The van der Waals surface area contributed by atoms with Crippen molar-refractivity contribution in [1.82, 2.24) is 0 Å². The minimum Gasteiger partial charge on any atom is -0.289 e. The molecule has 1 aromatic heterocycles. The normalized spacial score (nSPS) is 10.9. The van der Waals surface area contributed by atoms with Crippen molar-refractivity contribution in [2.45, 2.75) is 0 Å². The Bertz CT molecular complexity index is 555. The lowest BCUT2D eigenvalue weighted by Crippen LogP contribution is -1.92. The van der Waals surface area contributed by atoms with E-state index in [1.165, 1.54) is 0 Å². The molecular weight excluding hydrogens is 364 g/mol. The number of rotatable bonds is 3. The zero-order chi connectivity index (χ0) is 12.3. The Labute approximate surface area is 120 Å². The van der Waals surface area contributed by atoms with Crippen LogP contribution in [0.3, 0.4) is 0 Å². The molecule has 2 aromatic rings. The molecule has 86 valence electrons. The van der Waals surface area contributed by atoms with Gasteiger partial charge in [-0.2, -0.15) is 0 Å². The van der Waals surface area contributed by atoms with Crippen LogP contribution >= 0.6 is 43.2 Å². The van der Waals surface area contributed by atoms with Gasteiger partial charge in [0.15, 0.2) is 5.78 Å². The number of carbonyl (C=O) groups excluding carboxylic acids is 1. The molecule has 0 amide bonds. The molecule has 1 nitrogen and oxygen atoms in total. The standard InChI is InChI=1S/C13H8Br2OS/c14-10-3-1-9(2-4-10)13(16)6-5-12-7-11(15)8-17-12/h1-8H/b6-5+. The first-order valence-electron chi connectivity index (χ1n) is 4.87. The van der Waals surface area contributed by atoms with E-state index in [0.717, 1.165) is 13.8 Å². The summed E-state index contributed by atoms with van der Waals surface area (Å²) in [4.78, 5) is 12.9. The zero-order valence-electron chi connectivity index (χ0n) is 8.69. The molecule has 1 heterocycles. The minimum absolute atomic E-state index is 0.0158. The van der Waals surface area contributed by atoms with Crippen molar-refractivity contribution in [3.63, 3.8) is 0 Å². The summed E-state index contributed by atoms with van der Waals surface area (Å²) in [6, 6.07) is 9.32. The van der Waals surface area contributed by atoms with Crippen LogP contribution < -0.4 is 0 Å². The van der Waals surface area contributed by atoms with Crippen molar-refractivity contribution in [3.8, 4) is 0 Å². The van der Waals surface area contributed by atoms with Gasteiger partial charge in [-0.25, -0.2) is 0 Å². The van der Waals surface area contributed by atoms with Crippen molar-refractivity contribution >= 4 is 55.1 Å². The number of benzene rings is 1. The number of hydrogen-bond donors (Lipinski definition) is 0. The molecule has 0 unspecified atom stereocenters. The summed E-state index contributed by atoms with van der Waals surface area (Å²) in [5, 5.41) is 1.99. The second-order valence-corrected chi connectivity index (χ2v) is 6.15. The fourth-order valence-electron chi connectivity index (χ4n) is 1.28. The molecule has 0 fully saturated rings. The fraction of sp³-hybridized carbons (Fsp3) is 0. The molecular formula is C13H8Br2OS. The quantitative estimate of drug-likeness (QED) is 0.537. The highest BCUT2D eigenvalue weighted by Crippen LogP contribution is 2.21. The number of hydrogen-bond acceptors (Lipinski definition) is 2. The first-order valence-corrected chi connectivity index (χ1v) is 7.34. The number of halogens is 2. The lowest BCUT2D eigenvalue weighted by atomic mass is 10.1. The van der Waals surface area contributed by atoms with E-state index in [-0.39, 0.29) is 5.78 Å². The predicted octanol–water partition coefficient (Wildman–Crippen LogP) is 5.17. The molecule has 0 bridgehead atoms. The molecule has 17 heavy (non-hydrogen) atoms.